The number of carboxylic acid groups (broad SMARTS) is 1. The van der Waals surface area contributed by atoms with E-state index in [4.69, 9.17) is 5.73 Å². The van der Waals surface area contributed by atoms with Crippen LogP contribution in [0.15, 0.2) is 0 Å². The van der Waals surface area contributed by atoms with Crippen LogP contribution in [0.25, 0.3) is 0 Å². The average molecular weight is 429 g/mol. The van der Waals surface area contributed by atoms with Crippen LogP contribution in [0.4, 0.5) is 0 Å². The standard InChI is InChI=1S/C21H40N4O5/c1-8-12(5)16(20(28)25-17(21(29)30)13(6)9-2)24-18(26)14(7)23-19(27)15(22)10-11(3)4/h11-17H,8-10,22H2,1-7H3,(H,23,27)(H,24,26)(H,25,28)(H,29,30). The molecule has 0 aromatic rings. The van der Waals surface area contributed by atoms with Gasteiger partial charge in [-0.15, -0.1) is 0 Å². The molecule has 9 nitrogen and oxygen atoms in total. The van der Waals surface area contributed by atoms with Crippen LogP contribution < -0.4 is 21.7 Å². The molecule has 174 valence electrons. The van der Waals surface area contributed by atoms with Crippen molar-refractivity contribution < 1.29 is 24.3 Å². The zero-order valence-corrected chi connectivity index (χ0v) is 19.3. The van der Waals surface area contributed by atoms with E-state index in [1.165, 1.54) is 6.92 Å². The Kier molecular flexibility index (Phi) is 12.3. The zero-order valence-electron chi connectivity index (χ0n) is 19.3. The second kappa shape index (κ2) is 13.2. The molecule has 6 atom stereocenters. The fourth-order valence-corrected chi connectivity index (χ4v) is 2.91. The van der Waals surface area contributed by atoms with E-state index in [9.17, 15) is 24.3 Å². The molecular weight excluding hydrogens is 388 g/mol. The van der Waals surface area contributed by atoms with Crippen molar-refractivity contribution in [2.75, 3.05) is 0 Å². The Morgan fingerprint density at radius 3 is 1.67 bits per heavy atom. The summed E-state index contributed by atoms with van der Waals surface area (Å²) >= 11 is 0. The maximum atomic E-state index is 12.8. The van der Waals surface area contributed by atoms with Crippen LogP contribution in [-0.4, -0.2) is 53.0 Å². The summed E-state index contributed by atoms with van der Waals surface area (Å²) in [5.41, 5.74) is 5.85. The first-order valence-corrected chi connectivity index (χ1v) is 10.7. The predicted molar refractivity (Wildman–Crippen MR) is 115 cm³/mol. The van der Waals surface area contributed by atoms with Crippen LogP contribution in [0.1, 0.15) is 67.7 Å². The highest BCUT2D eigenvalue weighted by molar-refractivity contribution is 5.94. The van der Waals surface area contributed by atoms with E-state index in [1.54, 1.807) is 13.8 Å². The van der Waals surface area contributed by atoms with Gasteiger partial charge in [-0.05, 0) is 31.1 Å². The lowest BCUT2D eigenvalue weighted by Crippen LogP contribution is -2.58. The molecule has 0 heterocycles. The number of hydrogen-bond donors (Lipinski definition) is 5. The summed E-state index contributed by atoms with van der Waals surface area (Å²) < 4.78 is 0. The van der Waals surface area contributed by atoms with E-state index in [-0.39, 0.29) is 17.8 Å². The van der Waals surface area contributed by atoms with Crippen LogP contribution in [0.2, 0.25) is 0 Å². The predicted octanol–water partition coefficient (Wildman–Crippen LogP) is 1.01. The molecule has 0 saturated carbocycles. The van der Waals surface area contributed by atoms with E-state index in [2.05, 4.69) is 16.0 Å². The summed E-state index contributed by atoms with van der Waals surface area (Å²) in [5.74, 6) is -2.89. The smallest absolute Gasteiger partial charge is 0.326 e. The third-order valence-electron chi connectivity index (χ3n) is 5.38. The van der Waals surface area contributed by atoms with Gasteiger partial charge < -0.3 is 26.8 Å². The summed E-state index contributed by atoms with van der Waals surface area (Å²) in [6.45, 7) is 12.7. The molecule has 0 spiro atoms. The van der Waals surface area contributed by atoms with Gasteiger partial charge in [-0.3, -0.25) is 14.4 Å². The van der Waals surface area contributed by atoms with Crippen molar-refractivity contribution in [1.82, 2.24) is 16.0 Å². The van der Waals surface area contributed by atoms with Gasteiger partial charge in [0.05, 0.1) is 6.04 Å². The first-order valence-electron chi connectivity index (χ1n) is 10.7. The number of hydrogen-bond acceptors (Lipinski definition) is 5. The summed E-state index contributed by atoms with van der Waals surface area (Å²) in [6.07, 6.45) is 1.67. The third kappa shape index (κ3) is 9.11. The van der Waals surface area contributed by atoms with Crippen LogP contribution >= 0.6 is 0 Å². The zero-order chi connectivity index (χ0) is 23.6. The van der Waals surface area contributed by atoms with Crippen molar-refractivity contribution in [3.63, 3.8) is 0 Å². The van der Waals surface area contributed by atoms with Gasteiger partial charge in [0.15, 0.2) is 0 Å². The monoisotopic (exact) mass is 428 g/mol. The molecule has 0 radical (unpaired) electrons. The number of carboxylic acids is 1. The quantitative estimate of drug-likeness (QED) is 0.295. The van der Waals surface area contributed by atoms with Crippen LogP contribution in [-0.2, 0) is 19.2 Å². The van der Waals surface area contributed by atoms with Crippen LogP contribution in [0, 0.1) is 17.8 Å². The molecule has 0 bridgehead atoms. The van der Waals surface area contributed by atoms with E-state index >= 15 is 0 Å². The van der Waals surface area contributed by atoms with Crippen molar-refractivity contribution in [3.8, 4) is 0 Å². The number of nitrogens with two attached hydrogens (primary N) is 1. The van der Waals surface area contributed by atoms with Crippen molar-refractivity contribution in [1.29, 1.82) is 0 Å². The maximum Gasteiger partial charge on any atom is 0.326 e. The van der Waals surface area contributed by atoms with Crippen LogP contribution in [0.3, 0.4) is 0 Å². The Balaban J connectivity index is 5.19. The summed E-state index contributed by atoms with van der Waals surface area (Å²) in [5, 5.41) is 17.2. The first kappa shape index (κ1) is 27.8. The third-order valence-corrected chi connectivity index (χ3v) is 5.38. The molecule has 0 aromatic heterocycles. The van der Waals surface area contributed by atoms with Gasteiger partial charge in [0.2, 0.25) is 17.7 Å². The molecule has 0 aromatic carbocycles. The minimum absolute atomic E-state index is 0.230. The van der Waals surface area contributed by atoms with Gasteiger partial charge in [-0.2, -0.15) is 0 Å². The molecule has 9 heteroatoms. The Hall–Kier alpha value is -2.16. The van der Waals surface area contributed by atoms with E-state index in [0.29, 0.717) is 19.3 Å². The lowest BCUT2D eigenvalue weighted by Gasteiger charge is -2.28. The molecule has 30 heavy (non-hydrogen) atoms. The van der Waals surface area contributed by atoms with Gasteiger partial charge >= 0.3 is 5.97 Å². The summed E-state index contributed by atoms with van der Waals surface area (Å²) in [4.78, 5) is 49.1. The molecular formula is C21H40N4O5. The molecule has 6 unspecified atom stereocenters. The van der Waals surface area contributed by atoms with Gasteiger partial charge in [0, 0.05) is 0 Å². The maximum absolute atomic E-state index is 12.8. The van der Waals surface area contributed by atoms with Crippen molar-refractivity contribution in [2.24, 2.45) is 23.5 Å². The van der Waals surface area contributed by atoms with Crippen LogP contribution in [0.5, 0.6) is 0 Å². The molecule has 0 saturated heterocycles. The molecule has 0 aliphatic heterocycles. The number of carbonyl (C=O) groups excluding carboxylic acids is 3. The van der Waals surface area contributed by atoms with Crippen molar-refractivity contribution >= 4 is 23.7 Å². The summed E-state index contributed by atoms with van der Waals surface area (Å²) in [6, 6.07) is -3.57. The number of nitrogens with one attached hydrogen (secondary N) is 3. The minimum atomic E-state index is -1.12. The highest BCUT2D eigenvalue weighted by atomic mass is 16.4. The van der Waals surface area contributed by atoms with Gasteiger partial charge in [-0.25, -0.2) is 4.79 Å². The number of aliphatic carboxylic acids is 1. The normalized spacial score (nSPS) is 17.2. The highest BCUT2D eigenvalue weighted by Gasteiger charge is 2.33. The van der Waals surface area contributed by atoms with E-state index in [1.807, 2.05) is 27.7 Å². The first-order chi connectivity index (χ1) is 13.8. The van der Waals surface area contributed by atoms with Gasteiger partial charge in [0.25, 0.3) is 0 Å². The lowest BCUT2D eigenvalue weighted by molar-refractivity contribution is -0.144. The second-order valence-corrected chi connectivity index (χ2v) is 8.55. The van der Waals surface area contributed by atoms with Crippen molar-refractivity contribution in [2.45, 2.75) is 91.9 Å². The molecule has 0 aliphatic carbocycles. The largest absolute Gasteiger partial charge is 0.480 e. The molecule has 3 amide bonds. The van der Waals surface area contributed by atoms with Gasteiger partial charge in [-0.1, -0.05) is 54.4 Å². The second-order valence-electron chi connectivity index (χ2n) is 8.55. The number of carbonyl (C=O) groups is 4. The summed E-state index contributed by atoms with van der Waals surface area (Å²) in [7, 11) is 0. The average Bonchev–Trinajstić information content (AvgIpc) is 2.67. The van der Waals surface area contributed by atoms with Crippen molar-refractivity contribution in [3.05, 3.63) is 0 Å². The van der Waals surface area contributed by atoms with E-state index in [0.717, 1.165) is 0 Å². The Morgan fingerprint density at radius 2 is 1.23 bits per heavy atom. The number of amides is 3. The Labute approximate surface area is 179 Å². The lowest BCUT2D eigenvalue weighted by atomic mass is 9.95. The topological polar surface area (TPSA) is 151 Å². The highest BCUT2D eigenvalue weighted by Crippen LogP contribution is 2.12. The molecule has 0 rings (SSSR count). The minimum Gasteiger partial charge on any atom is -0.480 e. The Morgan fingerprint density at radius 1 is 0.767 bits per heavy atom. The SMILES string of the molecule is CCC(C)C(NC(=O)C(NC(=O)C(C)NC(=O)C(N)CC(C)C)C(C)CC)C(=O)O. The van der Waals surface area contributed by atoms with E-state index < -0.39 is 47.9 Å². The van der Waals surface area contributed by atoms with Gasteiger partial charge in [0.1, 0.15) is 18.1 Å². The number of rotatable bonds is 13. The molecule has 0 aliphatic rings. The fourth-order valence-electron chi connectivity index (χ4n) is 2.91. The fraction of sp³-hybridized carbons (Fsp3) is 0.810. The molecule has 0 fully saturated rings. The molecule has 6 N–H and O–H groups in total. The Bertz CT molecular complexity index is 596.